The standard InChI is InChI=1S/C10H8BrN3O2/c11-9-2-1-7(5-12-9)10(15)13-6-8-3-4-16-14-8/h1-5H,6H2,(H,13,15). The van der Waals surface area contributed by atoms with Crippen molar-refractivity contribution in [3.05, 3.63) is 46.5 Å². The number of hydrogen-bond acceptors (Lipinski definition) is 4. The second kappa shape index (κ2) is 4.89. The number of pyridine rings is 1. The summed E-state index contributed by atoms with van der Waals surface area (Å²) >= 11 is 3.20. The quantitative estimate of drug-likeness (QED) is 0.871. The third-order valence-electron chi connectivity index (χ3n) is 1.91. The molecule has 1 N–H and O–H groups in total. The first-order chi connectivity index (χ1) is 7.75. The maximum atomic E-state index is 11.6. The van der Waals surface area contributed by atoms with Gasteiger partial charge in [-0.1, -0.05) is 5.16 Å². The number of carbonyl (C=O) groups is 1. The van der Waals surface area contributed by atoms with Gasteiger partial charge in [-0.25, -0.2) is 4.98 Å². The first-order valence-electron chi connectivity index (χ1n) is 4.55. The maximum Gasteiger partial charge on any atom is 0.253 e. The van der Waals surface area contributed by atoms with Crippen LogP contribution in [0.15, 0.2) is 39.8 Å². The molecule has 0 fully saturated rings. The van der Waals surface area contributed by atoms with Gasteiger partial charge in [-0.3, -0.25) is 4.79 Å². The van der Waals surface area contributed by atoms with Crippen LogP contribution in [0.2, 0.25) is 0 Å². The molecule has 0 unspecified atom stereocenters. The van der Waals surface area contributed by atoms with Crippen molar-refractivity contribution in [1.29, 1.82) is 0 Å². The van der Waals surface area contributed by atoms with Gasteiger partial charge in [0, 0.05) is 12.3 Å². The molecule has 0 aliphatic heterocycles. The van der Waals surface area contributed by atoms with Crippen LogP contribution in [0.1, 0.15) is 16.1 Å². The first kappa shape index (κ1) is 10.8. The predicted octanol–water partition coefficient (Wildman–Crippen LogP) is 1.76. The van der Waals surface area contributed by atoms with E-state index in [1.807, 2.05) is 0 Å². The minimum atomic E-state index is -0.192. The van der Waals surface area contributed by atoms with Gasteiger partial charge < -0.3 is 9.84 Å². The molecule has 0 bridgehead atoms. The van der Waals surface area contributed by atoms with Crippen LogP contribution in [0.4, 0.5) is 0 Å². The lowest BCUT2D eigenvalue weighted by atomic mass is 10.2. The number of halogens is 1. The van der Waals surface area contributed by atoms with Crippen molar-refractivity contribution in [2.75, 3.05) is 0 Å². The largest absolute Gasteiger partial charge is 0.364 e. The number of rotatable bonds is 3. The minimum Gasteiger partial charge on any atom is -0.364 e. The smallest absolute Gasteiger partial charge is 0.253 e. The van der Waals surface area contributed by atoms with Gasteiger partial charge in [0.2, 0.25) is 0 Å². The molecular formula is C10H8BrN3O2. The summed E-state index contributed by atoms with van der Waals surface area (Å²) in [5, 5.41) is 6.39. The Labute approximate surface area is 100.0 Å². The number of aromatic nitrogens is 2. The van der Waals surface area contributed by atoms with E-state index in [2.05, 4.69) is 35.9 Å². The molecule has 16 heavy (non-hydrogen) atoms. The zero-order valence-corrected chi connectivity index (χ0v) is 9.77. The van der Waals surface area contributed by atoms with E-state index in [0.29, 0.717) is 22.4 Å². The summed E-state index contributed by atoms with van der Waals surface area (Å²) in [7, 11) is 0. The summed E-state index contributed by atoms with van der Waals surface area (Å²) in [5.74, 6) is -0.192. The lowest BCUT2D eigenvalue weighted by molar-refractivity contribution is 0.0949. The third-order valence-corrected chi connectivity index (χ3v) is 2.38. The highest BCUT2D eigenvalue weighted by atomic mass is 79.9. The van der Waals surface area contributed by atoms with Gasteiger partial charge in [0.15, 0.2) is 0 Å². The number of hydrogen-bond donors (Lipinski definition) is 1. The van der Waals surface area contributed by atoms with Crippen LogP contribution in [0.25, 0.3) is 0 Å². The highest BCUT2D eigenvalue weighted by Crippen LogP contribution is 2.06. The summed E-state index contributed by atoms with van der Waals surface area (Å²) in [6, 6.07) is 5.10. The highest BCUT2D eigenvalue weighted by Gasteiger charge is 2.06. The van der Waals surface area contributed by atoms with Gasteiger partial charge in [0.05, 0.1) is 12.1 Å². The molecule has 1 amide bonds. The van der Waals surface area contributed by atoms with Crippen molar-refractivity contribution in [3.8, 4) is 0 Å². The van der Waals surface area contributed by atoms with Crippen molar-refractivity contribution in [1.82, 2.24) is 15.5 Å². The fraction of sp³-hybridized carbons (Fsp3) is 0.100. The van der Waals surface area contributed by atoms with Crippen molar-refractivity contribution in [3.63, 3.8) is 0 Å². The second-order valence-corrected chi connectivity index (χ2v) is 3.86. The van der Waals surface area contributed by atoms with E-state index in [9.17, 15) is 4.79 Å². The van der Waals surface area contributed by atoms with Crippen LogP contribution in [0.3, 0.4) is 0 Å². The Bertz CT molecular complexity index is 467. The van der Waals surface area contributed by atoms with Crippen LogP contribution in [0.5, 0.6) is 0 Å². The van der Waals surface area contributed by atoms with E-state index in [-0.39, 0.29) is 5.91 Å². The molecule has 0 saturated heterocycles. The fourth-order valence-electron chi connectivity index (χ4n) is 1.11. The second-order valence-electron chi connectivity index (χ2n) is 3.04. The Balaban J connectivity index is 1.95. The molecular weight excluding hydrogens is 274 g/mol. The first-order valence-corrected chi connectivity index (χ1v) is 5.34. The molecule has 82 valence electrons. The molecule has 2 aromatic heterocycles. The van der Waals surface area contributed by atoms with Crippen molar-refractivity contribution in [2.45, 2.75) is 6.54 Å². The van der Waals surface area contributed by atoms with E-state index in [4.69, 9.17) is 0 Å². The van der Waals surface area contributed by atoms with E-state index in [1.165, 1.54) is 12.5 Å². The number of carbonyl (C=O) groups excluding carboxylic acids is 1. The molecule has 0 saturated carbocycles. The maximum absolute atomic E-state index is 11.6. The lowest BCUT2D eigenvalue weighted by Crippen LogP contribution is -2.22. The Kier molecular flexibility index (Phi) is 3.31. The van der Waals surface area contributed by atoms with Crippen molar-refractivity contribution < 1.29 is 9.32 Å². The molecule has 6 heteroatoms. The van der Waals surface area contributed by atoms with Crippen LogP contribution < -0.4 is 5.32 Å². The van der Waals surface area contributed by atoms with Crippen LogP contribution in [0, 0.1) is 0 Å². The van der Waals surface area contributed by atoms with Crippen LogP contribution in [-0.2, 0) is 6.54 Å². The van der Waals surface area contributed by atoms with Gasteiger partial charge in [-0.15, -0.1) is 0 Å². The van der Waals surface area contributed by atoms with Crippen LogP contribution in [-0.4, -0.2) is 16.0 Å². The molecule has 0 spiro atoms. The molecule has 5 nitrogen and oxygen atoms in total. The highest BCUT2D eigenvalue weighted by molar-refractivity contribution is 9.10. The van der Waals surface area contributed by atoms with Gasteiger partial charge in [-0.2, -0.15) is 0 Å². The lowest BCUT2D eigenvalue weighted by Gasteiger charge is -2.02. The average molecular weight is 282 g/mol. The normalized spacial score (nSPS) is 10.1. The van der Waals surface area contributed by atoms with Gasteiger partial charge in [0.1, 0.15) is 16.6 Å². The minimum absolute atomic E-state index is 0.192. The summed E-state index contributed by atoms with van der Waals surface area (Å²) in [6.45, 7) is 0.339. The van der Waals surface area contributed by atoms with Crippen LogP contribution >= 0.6 is 15.9 Å². The zero-order chi connectivity index (χ0) is 11.4. The third kappa shape index (κ3) is 2.66. The Morgan fingerprint density at radius 3 is 2.94 bits per heavy atom. The monoisotopic (exact) mass is 281 g/mol. The topological polar surface area (TPSA) is 68.0 Å². The van der Waals surface area contributed by atoms with Crippen molar-refractivity contribution >= 4 is 21.8 Å². The predicted molar refractivity (Wildman–Crippen MR) is 59.6 cm³/mol. The fourth-order valence-corrected chi connectivity index (χ4v) is 1.35. The SMILES string of the molecule is O=C(NCc1ccon1)c1ccc(Br)nc1. The summed E-state index contributed by atoms with van der Waals surface area (Å²) in [5.41, 5.74) is 1.19. The Hall–Kier alpha value is -1.69. The Morgan fingerprint density at radius 1 is 1.44 bits per heavy atom. The van der Waals surface area contributed by atoms with Crippen molar-refractivity contribution in [2.24, 2.45) is 0 Å². The summed E-state index contributed by atoms with van der Waals surface area (Å²) < 4.78 is 5.34. The van der Waals surface area contributed by atoms with Gasteiger partial charge in [0.25, 0.3) is 5.91 Å². The molecule has 0 aliphatic rings. The van der Waals surface area contributed by atoms with Gasteiger partial charge >= 0.3 is 0 Å². The zero-order valence-electron chi connectivity index (χ0n) is 8.18. The number of nitrogens with one attached hydrogen (secondary N) is 1. The van der Waals surface area contributed by atoms with E-state index in [0.717, 1.165) is 0 Å². The van der Waals surface area contributed by atoms with E-state index in [1.54, 1.807) is 18.2 Å². The van der Waals surface area contributed by atoms with E-state index < -0.39 is 0 Å². The average Bonchev–Trinajstić information content (AvgIpc) is 2.80. The molecule has 2 aromatic rings. The van der Waals surface area contributed by atoms with Gasteiger partial charge in [-0.05, 0) is 28.1 Å². The molecule has 2 heterocycles. The summed E-state index contributed by atoms with van der Waals surface area (Å²) in [4.78, 5) is 15.6. The molecule has 0 atom stereocenters. The summed E-state index contributed by atoms with van der Waals surface area (Å²) in [6.07, 6.45) is 2.96. The molecule has 0 aliphatic carbocycles. The number of amides is 1. The van der Waals surface area contributed by atoms with E-state index >= 15 is 0 Å². The molecule has 0 radical (unpaired) electrons. The number of nitrogens with zero attached hydrogens (tertiary/aromatic N) is 2. The Morgan fingerprint density at radius 2 is 2.31 bits per heavy atom. The molecule has 0 aromatic carbocycles. The molecule has 2 rings (SSSR count).